The molecule has 0 radical (unpaired) electrons. The van der Waals surface area contributed by atoms with Gasteiger partial charge in [-0.05, 0) is 37.1 Å². The molecule has 0 aromatic heterocycles. The summed E-state index contributed by atoms with van der Waals surface area (Å²) in [5.74, 6) is 0.178. The van der Waals surface area contributed by atoms with E-state index in [4.69, 9.17) is 9.47 Å². The van der Waals surface area contributed by atoms with E-state index < -0.39 is 6.36 Å². The Balaban J connectivity index is 1.47. The van der Waals surface area contributed by atoms with E-state index >= 15 is 0 Å². The molecule has 4 rings (SSSR count). The zero-order chi connectivity index (χ0) is 21.8. The average Bonchev–Trinajstić information content (AvgIpc) is 2.95. The maximum Gasteiger partial charge on any atom is 0.573 e. The Bertz CT molecular complexity index is 929. The predicted octanol–water partition coefficient (Wildman–Crippen LogP) is 3.89. The summed E-state index contributed by atoms with van der Waals surface area (Å²) in [6.07, 6.45) is -3.16. The monoisotopic (exact) mass is 436 g/mol. The highest BCUT2D eigenvalue weighted by Gasteiger charge is 2.31. The summed E-state index contributed by atoms with van der Waals surface area (Å²) in [5, 5.41) is 3.03. The van der Waals surface area contributed by atoms with Crippen molar-refractivity contribution in [3.63, 3.8) is 0 Å². The molecule has 31 heavy (non-hydrogen) atoms. The van der Waals surface area contributed by atoms with E-state index in [-0.39, 0.29) is 17.7 Å². The quantitative estimate of drug-likeness (QED) is 0.788. The molecule has 2 heterocycles. The summed E-state index contributed by atoms with van der Waals surface area (Å²) in [4.78, 5) is 14.5. The summed E-state index contributed by atoms with van der Waals surface area (Å²) in [5.41, 5.74) is 1.96. The van der Waals surface area contributed by atoms with Crippen molar-refractivity contribution in [2.45, 2.75) is 31.8 Å². The molecule has 1 N–H and O–H groups in total. The Morgan fingerprint density at radius 1 is 1.10 bits per heavy atom. The Morgan fingerprint density at radius 2 is 1.90 bits per heavy atom. The van der Waals surface area contributed by atoms with Gasteiger partial charge in [0.2, 0.25) is 0 Å². The number of carbonyl (C=O) groups excluding carboxylic acids is 1. The third-order valence-electron chi connectivity index (χ3n) is 5.28. The van der Waals surface area contributed by atoms with Crippen LogP contribution in [0.4, 0.5) is 18.9 Å². The summed E-state index contributed by atoms with van der Waals surface area (Å²) in [6.45, 7) is 2.54. The molecular weight excluding hydrogens is 413 g/mol. The minimum absolute atomic E-state index is 0.0997. The highest BCUT2D eigenvalue weighted by Crippen LogP contribution is 2.31. The molecular formula is C22H23F3N2O4. The van der Waals surface area contributed by atoms with Gasteiger partial charge in [-0.25, -0.2) is 0 Å². The number of anilines is 1. The second kappa shape index (κ2) is 9.05. The number of nitrogens with zero attached hydrogens (tertiary/aromatic N) is 1. The van der Waals surface area contributed by atoms with Crippen molar-refractivity contribution >= 4 is 11.6 Å². The number of fused-ring (bicyclic) bond motifs is 1. The number of hydrogen-bond acceptors (Lipinski definition) is 5. The lowest BCUT2D eigenvalue weighted by Crippen LogP contribution is -2.38. The van der Waals surface area contributed by atoms with Crippen LogP contribution in [0.2, 0.25) is 0 Å². The van der Waals surface area contributed by atoms with Crippen LogP contribution in [-0.2, 0) is 11.3 Å². The molecule has 1 amide bonds. The van der Waals surface area contributed by atoms with Crippen molar-refractivity contribution in [3.05, 3.63) is 53.6 Å². The van der Waals surface area contributed by atoms with Crippen LogP contribution in [0.15, 0.2) is 42.5 Å². The van der Waals surface area contributed by atoms with Crippen molar-refractivity contribution < 1.29 is 32.2 Å². The first kappa shape index (κ1) is 21.3. The summed E-state index contributed by atoms with van der Waals surface area (Å²) >= 11 is 0. The molecule has 9 heteroatoms. The molecule has 166 valence electrons. The first-order valence-corrected chi connectivity index (χ1v) is 10.1. The molecule has 2 aliphatic rings. The second-order valence-electron chi connectivity index (χ2n) is 7.50. The van der Waals surface area contributed by atoms with E-state index in [2.05, 4.69) is 10.1 Å². The van der Waals surface area contributed by atoms with E-state index in [0.717, 1.165) is 18.4 Å². The van der Waals surface area contributed by atoms with Crippen LogP contribution in [0.1, 0.15) is 28.8 Å². The average molecular weight is 436 g/mol. The lowest BCUT2D eigenvalue weighted by Gasteiger charge is -2.23. The standard InChI is InChI=1S/C22H23F3N2O4/c23-22(24,25)31-19-3-1-2-18(13-19)27-8-11-30-20-12-15(4-5-16(20)14-27)21(28)26-17-6-9-29-10-7-17/h1-5,12-13,17H,6-11,14H2,(H,26,28). The second-order valence-corrected chi connectivity index (χ2v) is 7.50. The SMILES string of the molecule is O=C(NC1CCOCC1)c1ccc2c(c1)OCCN(c1cccc(OC(F)(F)F)c1)C2. The van der Waals surface area contributed by atoms with Crippen molar-refractivity contribution in [2.75, 3.05) is 31.3 Å². The molecule has 1 fully saturated rings. The van der Waals surface area contributed by atoms with E-state index in [0.29, 0.717) is 49.9 Å². The molecule has 0 spiro atoms. The van der Waals surface area contributed by atoms with Crippen molar-refractivity contribution in [2.24, 2.45) is 0 Å². The lowest BCUT2D eigenvalue weighted by molar-refractivity contribution is -0.274. The zero-order valence-electron chi connectivity index (χ0n) is 16.8. The van der Waals surface area contributed by atoms with Crippen LogP contribution in [0.3, 0.4) is 0 Å². The number of alkyl halides is 3. The van der Waals surface area contributed by atoms with Crippen LogP contribution < -0.4 is 19.7 Å². The van der Waals surface area contributed by atoms with Crippen LogP contribution >= 0.6 is 0 Å². The van der Waals surface area contributed by atoms with Crippen molar-refractivity contribution in [1.29, 1.82) is 0 Å². The lowest BCUT2D eigenvalue weighted by atomic mass is 10.1. The van der Waals surface area contributed by atoms with Gasteiger partial charge in [0.25, 0.3) is 5.91 Å². The van der Waals surface area contributed by atoms with Gasteiger partial charge < -0.3 is 24.4 Å². The molecule has 2 aliphatic heterocycles. The Labute approximate surface area is 177 Å². The molecule has 2 aromatic carbocycles. The molecule has 0 unspecified atom stereocenters. The van der Waals surface area contributed by atoms with E-state index in [1.807, 2.05) is 11.0 Å². The van der Waals surface area contributed by atoms with Crippen molar-refractivity contribution in [1.82, 2.24) is 5.32 Å². The highest BCUT2D eigenvalue weighted by molar-refractivity contribution is 5.95. The maximum atomic E-state index is 12.6. The smallest absolute Gasteiger partial charge is 0.491 e. The van der Waals surface area contributed by atoms with E-state index in [9.17, 15) is 18.0 Å². The summed E-state index contributed by atoms with van der Waals surface area (Å²) in [7, 11) is 0. The van der Waals surface area contributed by atoms with Gasteiger partial charge in [0, 0.05) is 48.7 Å². The first-order valence-electron chi connectivity index (χ1n) is 10.1. The van der Waals surface area contributed by atoms with Gasteiger partial charge in [0.1, 0.15) is 18.1 Å². The van der Waals surface area contributed by atoms with E-state index in [1.54, 1.807) is 18.2 Å². The van der Waals surface area contributed by atoms with Crippen LogP contribution in [0, 0.1) is 0 Å². The molecule has 0 aliphatic carbocycles. The number of ether oxygens (including phenoxy) is 3. The van der Waals surface area contributed by atoms with E-state index in [1.165, 1.54) is 18.2 Å². The highest BCUT2D eigenvalue weighted by atomic mass is 19.4. The molecule has 0 saturated carbocycles. The fourth-order valence-corrected chi connectivity index (χ4v) is 3.72. The normalized spacial score (nSPS) is 17.3. The van der Waals surface area contributed by atoms with Gasteiger partial charge >= 0.3 is 6.36 Å². The van der Waals surface area contributed by atoms with Crippen molar-refractivity contribution in [3.8, 4) is 11.5 Å². The van der Waals surface area contributed by atoms with Gasteiger partial charge in [-0.2, -0.15) is 0 Å². The number of benzene rings is 2. The summed E-state index contributed by atoms with van der Waals surface area (Å²) < 4.78 is 52.8. The number of halogens is 3. The van der Waals surface area contributed by atoms with Gasteiger partial charge in [0.15, 0.2) is 0 Å². The number of amides is 1. The Morgan fingerprint density at radius 3 is 2.68 bits per heavy atom. The molecule has 0 bridgehead atoms. The minimum Gasteiger partial charge on any atom is -0.491 e. The van der Waals surface area contributed by atoms with Crippen LogP contribution in [0.5, 0.6) is 11.5 Å². The van der Waals surface area contributed by atoms with Crippen LogP contribution in [-0.4, -0.2) is 44.7 Å². The predicted molar refractivity (Wildman–Crippen MR) is 107 cm³/mol. The summed E-state index contributed by atoms with van der Waals surface area (Å²) in [6, 6.07) is 11.2. The Kier molecular flexibility index (Phi) is 6.22. The third kappa shape index (κ3) is 5.61. The maximum absolute atomic E-state index is 12.6. The zero-order valence-corrected chi connectivity index (χ0v) is 16.8. The number of nitrogens with one attached hydrogen (secondary N) is 1. The topological polar surface area (TPSA) is 60.0 Å². The molecule has 0 atom stereocenters. The minimum atomic E-state index is -4.74. The largest absolute Gasteiger partial charge is 0.573 e. The fourth-order valence-electron chi connectivity index (χ4n) is 3.72. The molecule has 6 nitrogen and oxygen atoms in total. The third-order valence-corrected chi connectivity index (χ3v) is 5.28. The molecule has 2 aromatic rings. The Hall–Kier alpha value is -2.94. The number of carbonyl (C=O) groups is 1. The number of hydrogen-bond donors (Lipinski definition) is 1. The van der Waals surface area contributed by atoms with Gasteiger partial charge in [-0.3, -0.25) is 4.79 Å². The van der Waals surface area contributed by atoms with Gasteiger partial charge in [0.05, 0.1) is 6.54 Å². The van der Waals surface area contributed by atoms with Crippen LogP contribution in [0.25, 0.3) is 0 Å². The number of rotatable bonds is 4. The first-order chi connectivity index (χ1) is 14.9. The van der Waals surface area contributed by atoms with Gasteiger partial charge in [-0.1, -0.05) is 12.1 Å². The fraction of sp³-hybridized carbons (Fsp3) is 0.409. The molecule has 1 saturated heterocycles. The van der Waals surface area contributed by atoms with Gasteiger partial charge in [-0.15, -0.1) is 13.2 Å².